The highest BCUT2D eigenvalue weighted by atomic mass is 32.2. The number of hydrogen-bond acceptors (Lipinski definition) is 4. The Bertz CT molecular complexity index is 557. The number of likely N-dealkylation sites (tertiary alicyclic amines) is 1. The summed E-state index contributed by atoms with van der Waals surface area (Å²) in [7, 11) is -3.62. The normalized spacial score (nSPS) is 20.7. The van der Waals surface area contributed by atoms with Crippen molar-refractivity contribution in [3.63, 3.8) is 0 Å². The SMILES string of the molecule is CC(C)N1CCC(NCc2cccc(S(N)(=O)=O)c2)C1. The van der Waals surface area contributed by atoms with Crippen molar-refractivity contribution in [1.82, 2.24) is 10.2 Å². The summed E-state index contributed by atoms with van der Waals surface area (Å²) < 4.78 is 22.6. The number of sulfonamides is 1. The fourth-order valence-electron chi connectivity index (χ4n) is 2.52. The van der Waals surface area contributed by atoms with Crippen molar-refractivity contribution in [3.8, 4) is 0 Å². The van der Waals surface area contributed by atoms with Gasteiger partial charge in [-0.05, 0) is 44.5 Å². The summed E-state index contributed by atoms with van der Waals surface area (Å²) in [6, 6.07) is 7.85. The highest BCUT2D eigenvalue weighted by Gasteiger charge is 2.23. The van der Waals surface area contributed by atoms with Crippen LogP contribution in [0.1, 0.15) is 25.8 Å². The molecular formula is C14H23N3O2S. The standard InChI is InChI=1S/C14H23N3O2S/c1-11(2)17-7-6-13(10-17)16-9-12-4-3-5-14(8-12)20(15,18)19/h3-5,8,11,13,16H,6-7,9-10H2,1-2H3,(H2,15,18,19). The van der Waals surface area contributed by atoms with Crippen molar-refractivity contribution >= 4 is 10.0 Å². The second-order valence-corrected chi connectivity index (χ2v) is 7.21. The van der Waals surface area contributed by atoms with E-state index in [4.69, 9.17) is 5.14 Å². The van der Waals surface area contributed by atoms with Crippen molar-refractivity contribution in [1.29, 1.82) is 0 Å². The lowest BCUT2D eigenvalue weighted by atomic mass is 10.2. The molecule has 1 aliphatic heterocycles. The average molecular weight is 297 g/mol. The van der Waals surface area contributed by atoms with Gasteiger partial charge in [0.25, 0.3) is 0 Å². The Labute approximate surface area is 121 Å². The van der Waals surface area contributed by atoms with Crippen LogP contribution in [0.4, 0.5) is 0 Å². The number of nitrogens with zero attached hydrogens (tertiary/aromatic N) is 1. The van der Waals surface area contributed by atoms with Crippen LogP contribution in [0, 0.1) is 0 Å². The molecule has 2 rings (SSSR count). The van der Waals surface area contributed by atoms with Gasteiger partial charge in [0.1, 0.15) is 0 Å². The van der Waals surface area contributed by atoms with Crippen molar-refractivity contribution in [3.05, 3.63) is 29.8 Å². The second-order valence-electron chi connectivity index (χ2n) is 5.65. The minimum atomic E-state index is -3.62. The molecule has 0 aliphatic carbocycles. The minimum absolute atomic E-state index is 0.173. The maximum atomic E-state index is 11.3. The van der Waals surface area contributed by atoms with Crippen LogP contribution in [0.3, 0.4) is 0 Å². The van der Waals surface area contributed by atoms with Crippen LogP contribution in [0.2, 0.25) is 0 Å². The van der Waals surface area contributed by atoms with Crippen LogP contribution in [0.25, 0.3) is 0 Å². The predicted molar refractivity (Wildman–Crippen MR) is 79.8 cm³/mol. The Morgan fingerprint density at radius 2 is 2.20 bits per heavy atom. The van der Waals surface area contributed by atoms with Crippen molar-refractivity contribution in [2.75, 3.05) is 13.1 Å². The van der Waals surface area contributed by atoms with E-state index in [1.165, 1.54) is 6.07 Å². The molecule has 1 aromatic carbocycles. The Balaban J connectivity index is 1.92. The third-order valence-corrected chi connectivity index (χ3v) is 4.68. The van der Waals surface area contributed by atoms with Crippen molar-refractivity contribution in [2.45, 2.75) is 43.8 Å². The Morgan fingerprint density at radius 3 is 2.80 bits per heavy atom. The summed E-state index contributed by atoms with van der Waals surface area (Å²) in [5.74, 6) is 0. The second kappa shape index (κ2) is 6.22. The smallest absolute Gasteiger partial charge is 0.238 e. The van der Waals surface area contributed by atoms with Gasteiger partial charge in [-0.1, -0.05) is 12.1 Å². The fraction of sp³-hybridized carbons (Fsp3) is 0.571. The van der Waals surface area contributed by atoms with E-state index in [0.717, 1.165) is 25.1 Å². The van der Waals surface area contributed by atoms with E-state index in [9.17, 15) is 8.42 Å². The van der Waals surface area contributed by atoms with Crippen LogP contribution >= 0.6 is 0 Å². The number of hydrogen-bond donors (Lipinski definition) is 2. The van der Waals surface area contributed by atoms with E-state index in [2.05, 4.69) is 24.1 Å². The quantitative estimate of drug-likeness (QED) is 0.847. The summed E-state index contributed by atoms with van der Waals surface area (Å²) in [6.45, 7) is 7.25. The molecule has 0 amide bonds. The van der Waals surface area contributed by atoms with Crippen LogP contribution in [-0.4, -0.2) is 38.5 Å². The highest BCUT2D eigenvalue weighted by Crippen LogP contribution is 2.14. The molecule has 1 saturated heterocycles. The highest BCUT2D eigenvalue weighted by molar-refractivity contribution is 7.89. The fourth-order valence-corrected chi connectivity index (χ4v) is 3.10. The Kier molecular flexibility index (Phi) is 4.80. The van der Waals surface area contributed by atoms with Gasteiger partial charge < -0.3 is 5.32 Å². The molecule has 1 heterocycles. The van der Waals surface area contributed by atoms with Gasteiger partial charge in [-0.15, -0.1) is 0 Å². The van der Waals surface area contributed by atoms with E-state index in [0.29, 0.717) is 18.6 Å². The van der Waals surface area contributed by atoms with Gasteiger partial charge >= 0.3 is 0 Å². The molecule has 1 aliphatic rings. The van der Waals surface area contributed by atoms with Gasteiger partial charge in [0.15, 0.2) is 0 Å². The molecule has 6 heteroatoms. The van der Waals surface area contributed by atoms with Crippen molar-refractivity contribution < 1.29 is 8.42 Å². The topological polar surface area (TPSA) is 75.4 Å². The summed E-state index contributed by atoms with van der Waals surface area (Å²) >= 11 is 0. The van der Waals surface area contributed by atoms with Gasteiger partial charge in [-0.25, -0.2) is 13.6 Å². The molecule has 112 valence electrons. The monoisotopic (exact) mass is 297 g/mol. The average Bonchev–Trinajstić information content (AvgIpc) is 2.85. The van der Waals surface area contributed by atoms with Crippen LogP contribution in [0.15, 0.2) is 29.2 Å². The molecular weight excluding hydrogens is 274 g/mol. The van der Waals surface area contributed by atoms with Gasteiger partial charge in [0.2, 0.25) is 10.0 Å². The summed E-state index contributed by atoms with van der Waals surface area (Å²) in [5, 5.41) is 8.62. The molecule has 0 spiro atoms. The van der Waals surface area contributed by atoms with Gasteiger partial charge in [0, 0.05) is 25.2 Å². The lowest BCUT2D eigenvalue weighted by molar-refractivity contribution is 0.268. The minimum Gasteiger partial charge on any atom is -0.309 e. The zero-order chi connectivity index (χ0) is 14.8. The first kappa shape index (κ1) is 15.4. The molecule has 20 heavy (non-hydrogen) atoms. The number of benzene rings is 1. The molecule has 1 atom stereocenters. The van der Waals surface area contributed by atoms with E-state index < -0.39 is 10.0 Å². The Morgan fingerprint density at radius 1 is 1.45 bits per heavy atom. The Hall–Kier alpha value is -0.950. The maximum absolute atomic E-state index is 11.3. The first-order valence-electron chi connectivity index (χ1n) is 6.95. The molecule has 1 aromatic rings. The zero-order valence-corrected chi connectivity index (χ0v) is 12.9. The van der Waals surface area contributed by atoms with Crippen LogP contribution in [0.5, 0.6) is 0 Å². The molecule has 0 radical (unpaired) electrons. The number of nitrogens with one attached hydrogen (secondary N) is 1. The zero-order valence-electron chi connectivity index (χ0n) is 12.0. The largest absolute Gasteiger partial charge is 0.309 e. The first-order chi connectivity index (χ1) is 9.36. The molecule has 1 unspecified atom stereocenters. The lowest BCUT2D eigenvalue weighted by Crippen LogP contribution is -2.34. The third-order valence-electron chi connectivity index (χ3n) is 3.77. The number of primary sulfonamides is 1. The third kappa shape index (κ3) is 4.02. The van der Waals surface area contributed by atoms with E-state index >= 15 is 0 Å². The van der Waals surface area contributed by atoms with Crippen LogP contribution < -0.4 is 10.5 Å². The maximum Gasteiger partial charge on any atom is 0.238 e. The van der Waals surface area contributed by atoms with Crippen molar-refractivity contribution in [2.24, 2.45) is 5.14 Å². The van der Waals surface area contributed by atoms with Gasteiger partial charge in [0.05, 0.1) is 4.90 Å². The molecule has 1 fully saturated rings. The number of nitrogens with two attached hydrogens (primary N) is 1. The molecule has 3 N–H and O–H groups in total. The predicted octanol–water partition coefficient (Wildman–Crippen LogP) is 0.906. The lowest BCUT2D eigenvalue weighted by Gasteiger charge is -2.20. The number of rotatable bonds is 5. The van der Waals surface area contributed by atoms with Gasteiger partial charge in [-0.2, -0.15) is 0 Å². The van der Waals surface area contributed by atoms with Gasteiger partial charge in [-0.3, -0.25) is 4.90 Å². The molecule has 0 bridgehead atoms. The molecule has 0 saturated carbocycles. The van der Waals surface area contributed by atoms with E-state index in [1.54, 1.807) is 12.1 Å². The first-order valence-corrected chi connectivity index (χ1v) is 8.50. The molecule has 5 nitrogen and oxygen atoms in total. The van der Waals surface area contributed by atoms with Crippen LogP contribution in [-0.2, 0) is 16.6 Å². The summed E-state index contributed by atoms with van der Waals surface area (Å²) in [4.78, 5) is 2.62. The summed E-state index contributed by atoms with van der Waals surface area (Å²) in [6.07, 6.45) is 1.13. The van der Waals surface area contributed by atoms with E-state index in [1.807, 2.05) is 6.07 Å². The summed E-state index contributed by atoms with van der Waals surface area (Å²) in [5.41, 5.74) is 0.944. The molecule has 0 aromatic heterocycles. The van der Waals surface area contributed by atoms with E-state index in [-0.39, 0.29) is 4.90 Å².